The third-order valence-corrected chi connectivity index (χ3v) is 6.05. The zero-order chi connectivity index (χ0) is 16.4. The summed E-state index contributed by atoms with van der Waals surface area (Å²) in [4.78, 5) is 12.5. The third-order valence-electron chi connectivity index (χ3n) is 4.20. The van der Waals surface area contributed by atoms with Gasteiger partial charge in [0, 0.05) is 19.3 Å². The first-order chi connectivity index (χ1) is 11.0. The Kier molecular flexibility index (Phi) is 4.36. The maximum atomic E-state index is 12.5. The standard InChI is InChI=1S/C15H20N4O3S/c1-2-23(21,22)18-8-5-6-12(11-18)15(20)17-13-10-16-19-9-4-3-7-14(13)19/h3-4,7,9-10,12H,2,5-6,8,11H2,1H3,(H,17,20)/t12-/m0/s1. The molecule has 0 radical (unpaired) electrons. The molecule has 1 fully saturated rings. The summed E-state index contributed by atoms with van der Waals surface area (Å²) < 4.78 is 27.1. The van der Waals surface area contributed by atoms with Gasteiger partial charge in [-0.25, -0.2) is 17.2 Å². The van der Waals surface area contributed by atoms with Gasteiger partial charge in [0.1, 0.15) is 0 Å². The quantitative estimate of drug-likeness (QED) is 0.913. The monoisotopic (exact) mass is 336 g/mol. The van der Waals surface area contributed by atoms with E-state index in [9.17, 15) is 13.2 Å². The number of nitrogens with one attached hydrogen (secondary N) is 1. The summed E-state index contributed by atoms with van der Waals surface area (Å²) >= 11 is 0. The lowest BCUT2D eigenvalue weighted by atomic mass is 9.99. The second kappa shape index (κ2) is 6.29. The van der Waals surface area contributed by atoms with Crippen molar-refractivity contribution in [3.05, 3.63) is 30.6 Å². The average Bonchev–Trinajstić information content (AvgIpc) is 2.98. The number of fused-ring (bicyclic) bond motifs is 1. The minimum atomic E-state index is -3.25. The molecule has 7 nitrogen and oxygen atoms in total. The number of hydrogen-bond donors (Lipinski definition) is 1. The molecule has 1 N–H and O–H groups in total. The molecule has 0 bridgehead atoms. The molecular weight excluding hydrogens is 316 g/mol. The fourth-order valence-corrected chi connectivity index (χ4v) is 4.04. The maximum Gasteiger partial charge on any atom is 0.228 e. The largest absolute Gasteiger partial charge is 0.323 e. The Morgan fingerprint density at radius 2 is 2.26 bits per heavy atom. The molecule has 0 saturated carbocycles. The molecular formula is C15H20N4O3S. The van der Waals surface area contributed by atoms with Crippen LogP contribution in [0.25, 0.3) is 5.52 Å². The molecule has 0 unspecified atom stereocenters. The molecule has 124 valence electrons. The first-order valence-corrected chi connectivity index (χ1v) is 9.33. The van der Waals surface area contributed by atoms with Gasteiger partial charge in [0.2, 0.25) is 15.9 Å². The van der Waals surface area contributed by atoms with Crippen LogP contribution in [0, 0.1) is 5.92 Å². The number of amides is 1. The zero-order valence-corrected chi connectivity index (χ0v) is 13.8. The Bertz CT molecular complexity index is 815. The van der Waals surface area contributed by atoms with E-state index in [2.05, 4.69) is 10.4 Å². The number of pyridine rings is 1. The summed E-state index contributed by atoms with van der Waals surface area (Å²) in [5.41, 5.74) is 1.46. The van der Waals surface area contributed by atoms with Crippen molar-refractivity contribution < 1.29 is 13.2 Å². The van der Waals surface area contributed by atoms with Crippen LogP contribution in [-0.4, -0.2) is 47.1 Å². The van der Waals surface area contributed by atoms with Crippen LogP contribution in [0.1, 0.15) is 19.8 Å². The van der Waals surface area contributed by atoms with Crippen LogP contribution in [0.2, 0.25) is 0 Å². The topological polar surface area (TPSA) is 83.8 Å². The summed E-state index contributed by atoms with van der Waals surface area (Å²) in [6, 6.07) is 5.61. The van der Waals surface area contributed by atoms with Crippen molar-refractivity contribution in [3.63, 3.8) is 0 Å². The van der Waals surface area contributed by atoms with Gasteiger partial charge in [-0.15, -0.1) is 0 Å². The fraction of sp³-hybridized carbons (Fsp3) is 0.467. The van der Waals surface area contributed by atoms with Crippen LogP contribution in [0.5, 0.6) is 0 Å². The van der Waals surface area contributed by atoms with E-state index in [1.54, 1.807) is 23.8 Å². The Morgan fingerprint density at radius 1 is 1.43 bits per heavy atom. The van der Waals surface area contributed by atoms with Crippen molar-refractivity contribution in [2.24, 2.45) is 5.92 Å². The number of anilines is 1. The smallest absolute Gasteiger partial charge is 0.228 e. The molecule has 1 aliphatic rings. The van der Waals surface area contributed by atoms with Gasteiger partial charge < -0.3 is 5.32 Å². The second-order valence-corrected chi connectivity index (χ2v) is 7.93. The highest BCUT2D eigenvalue weighted by Gasteiger charge is 2.31. The molecule has 0 aliphatic carbocycles. The Hall–Kier alpha value is -1.93. The van der Waals surface area contributed by atoms with Gasteiger partial charge in [-0.2, -0.15) is 5.10 Å². The molecule has 0 aromatic carbocycles. The lowest BCUT2D eigenvalue weighted by molar-refractivity contribution is -0.120. The summed E-state index contributed by atoms with van der Waals surface area (Å²) in [7, 11) is -3.25. The number of carbonyl (C=O) groups excluding carboxylic acids is 1. The zero-order valence-electron chi connectivity index (χ0n) is 13.0. The first-order valence-electron chi connectivity index (χ1n) is 7.72. The van der Waals surface area contributed by atoms with Crippen LogP contribution in [0.15, 0.2) is 30.6 Å². The van der Waals surface area contributed by atoms with E-state index < -0.39 is 10.0 Å². The number of rotatable bonds is 4. The molecule has 2 aromatic rings. The first kappa shape index (κ1) is 15.9. The summed E-state index contributed by atoms with van der Waals surface area (Å²) in [5, 5.41) is 7.06. The molecule has 8 heteroatoms. The number of carbonyl (C=O) groups is 1. The van der Waals surface area contributed by atoms with Gasteiger partial charge in [-0.3, -0.25) is 4.79 Å². The van der Waals surface area contributed by atoms with E-state index in [-0.39, 0.29) is 24.1 Å². The van der Waals surface area contributed by atoms with Gasteiger partial charge in [-0.05, 0) is 31.9 Å². The van der Waals surface area contributed by atoms with E-state index in [1.165, 1.54) is 4.31 Å². The minimum Gasteiger partial charge on any atom is -0.323 e. The van der Waals surface area contributed by atoms with Gasteiger partial charge in [0.25, 0.3) is 0 Å². The van der Waals surface area contributed by atoms with E-state index in [4.69, 9.17) is 0 Å². The predicted octanol–water partition coefficient (Wildman–Crippen LogP) is 1.33. The highest BCUT2D eigenvalue weighted by atomic mass is 32.2. The molecule has 1 saturated heterocycles. The Labute approximate surface area is 135 Å². The van der Waals surface area contributed by atoms with Crippen LogP contribution in [0.4, 0.5) is 5.69 Å². The summed E-state index contributed by atoms with van der Waals surface area (Å²) in [5.74, 6) is -0.418. The highest BCUT2D eigenvalue weighted by molar-refractivity contribution is 7.89. The van der Waals surface area contributed by atoms with Crippen molar-refractivity contribution in [2.75, 3.05) is 24.2 Å². The van der Waals surface area contributed by atoms with Crippen LogP contribution in [0.3, 0.4) is 0 Å². The molecule has 23 heavy (non-hydrogen) atoms. The molecule has 3 rings (SSSR count). The van der Waals surface area contributed by atoms with Gasteiger partial charge in [-0.1, -0.05) is 6.07 Å². The van der Waals surface area contributed by atoms with E-state index >= 15 is 0 Å². The van der Waals surface area contributed by atoms with Gasteiger partial charge >= 0.3 is 0 Å². The Morgan fingerprint density at radius 3 is 3.04 bits per heavy atom. The van der Waals surface area contributed by atoms with E-state index in [0.717, 1.165) is 5.52 Å². The number of aromatic nitrogens is 2. The molecule has 0 spiro atoms. The van der Waals surface area contributed by atoms with E-state index in [0.29, 0.717) is 25.1 Å². The van der Waals surface area contributed by atoms with Crippen molar-refractivity contribution in [1.82, 2.24) is 13.9 Å². The molecule has 1 atom stereocenters. The lowest BCUT2D eigenvalue weighted by Gasteiger charge is -2.30. The highest BCUT2D eigenvalue weighted by Crippen LogP contribution is 2.22. The minimum absolute atomic E-state index is 0.0649. The number of hydrogen-bond acceptors (Lipinski definition) is 4. The number of sulfonamides is 1. The average molecular weight is 336 g/mol. The molecule has 2 aromatic heterocycles. The second-order valence-electron chi connectivity index (χ2n) is 5.68. The summed E-state index contributed by atoms with van der Waals surface area (Å²) in [6.45, 7) is 2.37. The number of nitrogens with zero attached hydrogens (tertiary/aromatic N) is 3. The van der Waals surface area contributed by atoms with Gasteiger partial charge in [0.15, 0.2) is 0 Å². The SMILES string of the molecule is CCS(=O)(=O)N1CCC[C@H](C(=O)Nc2cnn3ccccc23)C1. The van der Waals surface area contributed by atoms with Crippen molar-refractivity contribution in [2.45, 2.75) is 19.8 Å². The lowest BCUT2D eigenvalue weighted by Crippen LogP contribution is -2.44. The van der Waals surface area contributed by atoms with Gasteiger partial charge in [0.05, 0.1) is 29.1 Å². The summed E-state index contributed by atoms with van der Waals surface area (Å²) in [6.07, 6.45) is 4.81. The Balaban J connectivity index is 1.73. The number of piperidine rings is 1. The predicted molar refractivity (Wildman–Crippen MR) is 87.6 cm³/mol. The van der Waals surface area contributed by atoms with Crippen LogP contribution < -0.4 is 5.32 Å². The van der Waals surface area contributed by atoms with Crippen LogP contribution in [-0.2, 0) is 14.8 Å². The molecule has 1 aliphatic heterocycles. The van der Waals surface area contributed by atoms with E-state index in [1.807, 2.05) is 18.2 Å². The molecule has 3 heterocycles. The third kappa shape index (κ3) is 3.23. The van der Waals surface area contributed by atoms with Crippen molar-refractivity contribution in [3.8, 4) is 0 Å². The molecule has 1 amide bonds. The van der Waals surface area contributed by atoms with Crippen molar-refractivity contribution >= 4 is 27.1 Å². The fourth-order valence-electron chi connectivity index (χ4n) is 2.86. The maximum absolute atomic E-state index is 12.5. The normalized spacial score (nSPS) is 19.8. The van der Waals surface area contributed by atoms with Crippen LogP contribution >= 0.6 is 0 Å². The van der Waals surface area contributed by atoms with Crippen molar-refractivity contribution in [1.29, 1.82) is 0 Å².